The van der Waals surface area contributed by atoms with E-state index in [0.717, 1.165) is 42.8 Å². The van der Waals surface area contributed by atoms with Gasteiger partial charge in [-0.15, -0.1) is 0 Å². The first kappa shape index (κ1) is 24.6. The molecule has 3 heteroatoms. The van der Waals surface area contributed by atoms with Crippen LogP contribution in [-0.2, 0) is 6.42 Å². The van der Waals surface area contributed by atoms with Gasteiger partial charge in [-0.2, -0.15) is 0 Å². The Kier molecular flexibility index (Phi) is 8.46. The molecule has 184 valence electrons. The van der Waals surface area contributed by atoms with Crippen LogP contribution in [0.1, 0.15) is 65.2 Å². The zero-order valence-electron chi connectivity index (χ0n) is 21.1. The van der Waals surface area contributed by atoms with Gasteiger partial charge in [-0.3, -0.25) is 15.0 Å². The minimum atomic E-state index is 0.280. The molecule has 0 radical (unpaired) electrons. The fourth-order valence-corrected chi connectivity index (χ4v) is 5.29. The van der Waals surface area contributed by atoms with Crippen molar-refractivity contribution < 1.29 is 0 Å². The molecule has 0 saturated carbocycles. The van der Waals surface area contributed by atoms with Crippen LogP contribution in [0.4, 0.5) is 0 Å². The average molecular weight is 484 g/mol. The molecule has 2 unspecified atom stereocenters. The zero-order chi connectivity index (χ0) is 25.1. The minimum Gasteiger partial charge on any atom is -0.261 e. The summed E-state index contributed by atoms with van der Waals surface area (Å²) < 4.78 is 0. The molecule has 0 spiro atoms. The van der Waals surface area contributed by atoms with Gasteiger partial charge in [-0.25, -0.2) is 0 Å². The number of rotatable bonds is 11. The lowest BCUT2D eigenvalue weighted by Crippen LogP contribution is -2.14. The van der Waals surface area contributed by atoms with E-state index in [1.165, 1.54) is 11.1 Å². The SMILES string of the molecule is c1ccc(C(CC(CC(CCc2ccccn2)c2ccccn2)c2ccccn2)c2ccccc2)cc1. The van der Waals surface area contributed by atoms with Gasteiger partial charge in [0.15, 0.2) is 0 Å². The van der Waals surface area contributed by atoms with Crippen LogP contribution in [0, 0.1) is 0 Å². The van der Waals surface area contributed by atoms with Crippen molar-refractivity contribution in [3.05, 3.63) is 162 Å². The Balaban J connectivity index is 1.47. The zero-order valence-corrected chi connectivity index (χ0v) is 21.1. The first-order chi connectivity index (χ1) is 18.4. The lowest BCUT2D eigenvalue weighted by Gasteiger charge is -2.28. The molecular formula is C34H33N3. The van der Waals surface area contributed by atoms with Gasteiger partial charge in [0.2, 0.25) is 0 Å². The molecule has 3 aromatic heterocycles. The lowest BCUT2D eigenvalue weighted by molar-refractivity contribution is 0.452. The maximum atomic E-state index is 4.85. The van der Waals surface area contributed by atoms with Gasteiger partial charge in [0.05, 0.1) is 0 Å². The quantitative estimate of drug-likeness (QED) is 0.191. The average Bonchev–Trinajstić information content (AvgIpc) is 2.99. The Labute approximate surface area is 220 Å². The molecule has 0 saturated heterocycles. The van der Waals surface area contributed by atoms with Crippen molar-refractivity contribution in [3.8, 4) is 0 Å². The summed E-state index contributed by atoms with van der Waals surface area (Å²) in [7, 11) is 0. The van der Waals surface area contributed by atoms with Gasteiger partial charge in [-0.1, -0.05) is 78.9 Å². The number of nitrogens with zero attached hydrogens (tertiary/aromatic N) is 3. The summed E-state index contributed by atoms with van der Waals surface area (Å²) in [6.45, 7) is 0. The van der Waals surface area contributed by atoms with Gasteiger partial charge >= 0.3 is 0 Å². The molecule has 3 nitrogen and oxygen atoms in total. The van der Waals surface area contributed by atoms with Gasteiger partial charge in [-0.05, 0) is 73.2 Å². The molecule has 5 aromatic rings. The number of pyridine rings is 3. The number of hydrogen-bond donors (Lipinski definition) is 0. The number of benzene rings is 2. The molecule has 37 heavy (non-hydrogen) atoms. The molecule has 0 fully saturated rings. The Morgan fingerprint density at radius 3 is 1.49 bits per heavy atom. The van der Waals surface area contributed by atoms with Crippen molar-refractivity contribution in [2.24, 2.45) is 0 Å². The third-order valence-corrected chi connectivity index (χ3v) is 7.18. The summed E-state index contributed by atoms with van der Waals surface area (Å²) in [6, 6.07) is 40.5. The third kappa shape index (κ3) is 6.77. The number of aryl methyl sites for hydroxylation is 1. The second kappa shape index (κ2) is 12.7. The molecule has 0 N–H and O–H groups in total. The molecule has 0 aliphatic rings. The van der Waals surface area contributed by atoms with E-state index in [9.17, 15) is 0 Å². The van der Waals surface area contributed by atoms with Crippen molar-refractivity contribution in [2.45, 2.75) is 43.4 Å². The van der Waals surface area contributed by atoms with Crippen LogP contribution in [0.5, 0.6) is 0 Å². The van der Waals surface area contributed by atoms with E-state index in [-0.39, 0.29) is 11.8 Å². The van der Waals surface area contributed by atoms with E-state index >= 15 is 0 Å². The normalized spacial score (nSPS) is 12.8. The third-order valence-electron chi connectivity index (χ3n) is 7.18. The van der Waals surface area contributed by atoms with Crippen LogP contribution in [0.15, 0.2) is 134 Å². The van der Waals surface area contributed by atoms with Crippen LogP contribution < -0.4 is 0 Å². The Bertz CT molecular complexity index is 1270. The second-order valence-electron chi connectivity index (χ2n) is 9.61. The highest BCUT2D eigenvalue weighted by Crippen LogP contribution is 2.40. The first-order valence-corrected chi connectivity index (χ1v) is 13.2. The molecule has 2 aromatic carbocycles. The Morgan fingerprint density at radius 2 is 0.973 bits per heavy atom. The fraction of sp³-hybridized carbons (Fsp3) is 0.206. The van der Waals surface area contributed by atoms with Crippen molar-refractivity contribution >= 4 is 0 Å². The van der Waals surface area contributed by atoms with Crippen LogP contribution >= 0.6 is 0 Å². The summed E-state index contributed by atoms with van der Waals surface area (Å²) in [6.07, 6.45) is 9.61. The monoisotopic (exact) mass is 483 g/mol. The molecule has 0 amide bonds. The maximum absolute atomic E-state index is 4.85. The molecule has 0 bridgehead atoms. The van der Waals surface area contributed by atoms with Crippen molar-refractivity contribution in [3.63, 3.8) is 0 Å². The molecule has 2 atom stereocenters. The molecule has 0 aliphatic carbocycles. The minimum absolute atomic E-state index is 0.280. The maximum Gasteiger partial charge on any atom is 0.0435 e. The Hall–Kier alpha value is -4.11. The van der Waals surface area contributed by atoms with Gasteiger partial charge in [0, 0.05) is 53.4 Å². The van der Waals surface area contributed by atoms with Crippen molar-refractivity contribution in [2.75, 3.05) is 0 Å². The summed E-state index contributed by atoms with van der Waals surface area (Å²) in [4.78, 5) is 14.2. The fourth-order valence-electron chi connectivity index (χ4n) is 5.29. The molecule has 5 rings (SSSR count). The van der Waals surface area contributed by atoms with E-state index in [2.05, 4.69) is 102 Å². The molecule has 3 heterocycles. The van der Waals surface area contributed by atoms with Crippen molar-refractivity contribution in [1.82, 2.24) is 15.0 Å². The first-order valence-electron chi connectivity index (χ1n) is 13.2. The largest absolute Gasteiger partial charge is 0.261 e. The summed E-state index contributed by atoms with van der Waals surface area (Å²) in [5.74, 6) is 0.874. The second-order valence-corrected chi connectivity index (χ2v) is 9.61. The smallest absolute Gasteiger partial charge is 0.0435 e. The van der Waals surface area contributed by atoms with Crippen molar-refractivity contribution in [1.29, 1.82) is 0 Å². The number of aromatic nitrogens is 3. The highest BCUT2D eigenvalue weighted by molar-refractivity contribution is 5.33. The summed E-state index contributed by atoms with van der Waals surface area (Å²) >= 11 is 0. The van der Waals surface area contributed by atoms with E-state index in [1.807, 2.05) is 36.8 Å². The highest BCUT2D eigenvalue weighted by atomic mass is 14.7. The summed E-state index contributed by atoms with van der Waals surface area (Å²) in [5.41, 5.74) is 6.12. The van der Waals surface area contributed by atoms with Gasteiger partial charge < -0.3 is 0 Å². The van der Waals surface area contributed by atoms with Gasteiger partial charge in [0.1, 0.15) is 0 Å². The highest BCUT2D eigenvalue weighted by Gasteiger charge is 2.26. The molecule has 0 aliphatic heterocycles. The predicted molar refractivity (Wildman–Crippen MR) is 150 cm³/mol. The van der Waals surface area contributed by atoms with E-state index in [4.69, 9.17) is 9.97 Å². The number of hydrogen-bond acceptors (Lipinski definition) is 3. The lowest BCUT2D eigenvalue weighted by atomic mass is 9.77. The van der Waals surface area contributed by atoms with Crippen LogP contribution in [-0.4, -0.2) is 15.0 Å². The van der Waals surface area contributed by atoms with E-state index in [0.29, 0.717) is 5.92 Å². The standard InChI is InChI=1S/C34H33N3/c1-3-13-27(14-4-1)32(28-15-5-2-6-16-28)26-30(34-19-9-12-24-37-34)25-29(33-18-8-11-23-36-33)20-21-31-17-7-10-22-35-31/h1-19,22-24,29-30,32H,20-21,25-26H2. The molecular weight excluding hydrogens is 450 g/mol. The topological polar surface area (TPSA) is 38.7 Å². The Morgan fingerprint density at radius 1 is 0.459 bits per heavy atom. The van der Waals surface area contributed by atoms with Crippen LogP contribution in [0.3, 0.4) is 0 Å². The summed E-state index contributed by atoms with van der Waals surface area (Å²) in [5, 5.41) is 0. The predicted octanol–water partition coefficient (Wildman–Crippen LogP) is 7.98. The van der Waals surface area contributed by atoms with Crippen LogP contribution in [0.25, 0.3) is 0 Å². The van der Waals surface area contributed by atoms with E-state index < -0.39 is 0 Å². The van der Waals surface area contributed by atoms with Crippen LogP contribution in [0.2, 0.25) is 0 Å². The van der Waals surface area contributed by atoms with E-state index in [1.54, 1.807) is 0 Å². The van der Waals surface area contributed by atoms with Gasteiger partial charge in [0.25, 0.3) is 0 Å².